The maximum absolute atomic E-state index is 13.5. The van der Waals surface area contributed by atoms with E-state index in [9.17, 15) is 9.59 Å². The van der Waals surface area contributed by atoms with Gasteiger partial charge in [0.25, 0.3) is 5.56 Å². The van der Waals surface area contributed by atoms with Crippen molar-refractivity contribution in [1.82, 2.24) is 9.36 Å². The summed E-state index contributed by atoms with van der Waals surface area (Å²) >= 11 is 3.49. The van der Waals surface area contributed by atoms with Gasteiger partial charge in [-0.05, 0) is 62.2 Å². The fourth-order valence-corrected chi connectivity index (χ4v) is 4.99. The Hall–Kier alpha value is -3.58. The normalized spacial score (nSPS) is 12.0. The third-order valence-corrected chi connectivity index (χ3v) is 6.51. The van der Waals surface area contributed by atoms with E-state index in [1.807, 2.05) is 81.4 Å². The molecular weight excluding hydrogens is 494 g/mol. The highest BCUT2D eigenvalue weighted by molar-refractivity contribution is 9.10. The molecule has 7 heteroatoms. The highest BCUT2D eigenvalue weighted by atomic mass is 79.9. The van der Waals surface area contributed by atoms with E-state index in [2.05, 4.69) is 21.2 Å². The molecule has 3 aromatic carbocycles. The van der Waals surface area contributed by atoms with Crippen LogP contribution in [0.3, 0.4) is 0 Å². The van der Waals surface area contributed by atoms with Crippen molar-refractivity contribution in [2.45, 2.75) is 33.7 Å². The van der Waals surface area contributed by atoms with Gasteiger partial charge in [0.2, 0.25) is 11.8 Å². The van der Waals surface area contributed by atoms with Gasteiger partial charge >= 0.3 is 0 Å². The van der Waals surface area contributed by atoms with E-state index in [4.69, 9.17) is 4.74 Å². The van der Waals surface area contributed by atoms with Gasteiger partial charge in [-0.15, -0.1) is 0 Å². The van der Waals surface area contributed by atoms with Crippen LogP contribution in [0.4, 0.5) is 5.69 Å². The number of carbonyl (C=O) groups excluding carboxylic acids is 1. The van der Waals surface area contributed by atoms with E-state index >= 15 is 0 Å². The van der Waals surface area contributed by atoms with Crippen LogP contribution in [0.2, 0.25) is 0 Å². The molecule has 1 N–H and O–H groups in total. The largest absolute Gasteiger partial charge is 0.439 e. The summed E-state index contributed by atoms with van der Waals surface area (Å²) in [6.07, 6.45) is 0.431. The van der Waals surface area contributed by atoms with Crippen LogP contribution in [0.25, 0.3) is 5.69 Å². The molecule has 172 valence electrons. The van der Waals surface area contributed by atoms with Gasteiger partial charge in [-0.2, -0.15) is 0 Å². The number of anilines is 1. The van der Waals surface area contributed by atoms with E-state index in [0.717, 1.165) is 32.4 Å². The van der Waals surface area contributed by atoms with Crippen LogP contribution in [-0.2, 0) is 17.8 Å². The Morgan fingerprint density at radius 1 is 1.03 bits per heavy atom. The van der Waals surface area contributed by atoms with Gasteiger partial charge in [0, 0.05) is 22.1 Å². The lowest BCUT2D eigenvalue weighted by molar-refractivity contribution is -0.117. The van der Waals surface area contributed by atoms with Crippen molar-refractivity contribution in [3.63, 3.8) is 0 Å². The highest BCUT2D eigenvalue weighted by Crippen LogP contribution is 2.37. The van der Waals surface area contributed by atoms with Crippen molar-refractivity contribution in [3.05, 3.63) is 103 Å². The summed E-state index contributed by atoms with van der Waals surface area (Å²) in [5, 5.41) is 3.04. The molecule has 0 saturated heterocycles. The number of aromatic nitrogens is 2. The molecule has 5 rings (SSSR count). The first-order valence-electron chi connectivity index (χ1n) is 11.1. The third-order valence-electron chi connectivity index (χ3n) is 6.02. The average Bonchev–Trinajstić information content (AvgIpc) is 3.06. The summed E-state index contributed by atoms with van der Waals surface area (Å²) < 4.78 is 10.3. The SMILES string of the molecule is Cc1cc(C)c(NC(=O)Cn2c3c(c(=O)n2-c2ccccc2)Cc2cc(Br)ccc2O3)c(C)c1. The molecule has 0 spiro atoms. The molecule has 2 heterocycles. The summed E-state index contributed by atoms with van der Waals surface area (Å²) in [7, 11) is 0. The van der Waals surface area contributed by atoms with Gasteiger partial charge in [-0.3, -0.25) is 9.59 Å². The number of hydrogen-bond acceptors (Lipinski definition) is 3. The molecular formula is C27H24BrN3O3. The minimum absolute atomic E-state index is 0.0713. The maximum Gasteiger partial charge on any atom is 0.278 e. The fraction of sp³-hybridized carbons (Fsp3) is 0.185. The van der Waals surface area contributed by atoms with Gasteiger partial charge in [-0.1, -0.05) is 51.8 Å². The predicted octanol–water partition coefficient (Wildman–Crippen LogP) is 5.66. The first-order valence-corrected chi connectivity index (χ1v) is 11.8. The lowest BCUT2D eigenvalue weighted by atomic mass is 10.0. The van der Waals surface area contributed by atoms with Crippen LogP contribution in [0.5, 0.6) is 11.6 Å². The fourth-order valence-electron chi connectivity index (χ4n) is 4.58. The number of ether oxygens (including phenoxy) is 1. The molecule has 0 aliphatic carbocycles. The van der Waals surface area contributed by atoms with E-state index in [1.54, 1.807) is 4.68 Å². The second-order valence-corrected chi connectivity index (χ2v) is 9.56. The van der Waals surface area contributed by atoms with E-state index in [-0.39, 0.29) is 18.0 Å². The van der Waals surface area contributed by atoms with Crippen molar-refractivity contribution in [2.75, 3.05) is 5.32 Å². The zero-order chi connectivity index (χ0) is 24.0. The molecule has 1 aromatic heterocycles. The van der Waals surface area contributed by atoms with Crippen molar-refractivity contribution in [1.29, 1.82) is 0 Å². The summed E-state index contributed by atoms with van der Waals surface area (Å²) in [4.78, 5) is 26.8. The number of amides is 1. The van der Waals surface area contributed by atoms with Crippen LogP contribution >= 0.6 is 15.9 Å². The molecule has 0 atom stereocenters. The Balaban J connectivity index is 1.57. The van der Waals surface area contributed by atoms with Crippen LogP contribution in [-0.4, -0.2) is 15.3 Å². The molecule has 0 fully saturated rings. The molecule has 1 amide bonds. The number of rotatable bonds is 4. The van der Waals surface area contributed by atoms with Gasteiger partial charge in [-0.25, -0.2) is 9.36 Å². The van der Waals surface area contributed by atoms with E-state index < -0.39 is 0 Å². The van der Waals surface area contributed by atoms with Gasteiger partial charge in [0.05, 0.1) is 11.3 Å². The number of carbonyl (C=O) groups is 1. The van der Waals surface area contributed by atoms with Crippen LogP contribution in [0.1, 0.15) is 27.8 Å². The van der Waals surface area contributed by atoms with E-state index in [1.165, 1.54) is 4.68 Å². The van der Waals surface area contributed by atoms with Crippen molar-refractivity contribution in [3.8, 4) is 17.3 Å². The number of hydrogen-bond donors (Lipinski definition) is 1. The lowest BCUT2D eigenvalue weighted by Gasteiger charge is -2.20. The van der Waals surface area contributed by atoms with Crippen LogP contribution in [0.15, 0.2) is 69.9 Å². The Morgan fingerprint density at radius 2 is 1.74 bits per heavy atom. The van der Waals surface area contributed by atoms with Crippen molar-refractivity contribution >= 4 is 27.5 Å². The first-order chi connectivity index (χ1) is 16.3. The number of halogens is 1. The molecule has 1 aliphatic heterocycles. The molecule has 0 saturated carbocycles. The van der Waals surface area contributed by atoms with Crippen LogP contribution in [0, 0.1) is 20.8 Å². The molecule has 1 aliphatic rings. The molecule has 0 radical (unpaired) electrons. The monoisotopic (exact) mass is 517 g/mol. The predicted molar refractivity (Wildman–Crippen MR) is 136 cm³/mol. The summed E-state index contributed by atoms with van der Waals surface area (Å²) in [6.45, 7) is 5.92. The lowest BCUT2D eigenvalue weighted by Crippen LogP contribution is -2.27. The second-order valence-electron chi connectivity index (χ2n) is 8.65. The topological polar surface area (TPSA) is 65.3 Å². The minimum Gasteiger partial charge on any atom is -0.439 e. The minimum atomic E-state index is -0.234. The smallest absolute Gasteiger partial charge is 0.278 e. The Kier molecular flexibility index (Phi) is 5.65. The van der Waals surface area contributed by atoms with Gasteiger partial charge < -0.3 is 10.1 Å². The molecule has 6 nitrogen and oxygen atoms in total. The molecule has 34 heavy (non-hydrogen) atoms. The zero-order valence-corrected chi connectivity index (χ0v) is 20.8. The molecule has 0 unspecified atom stereocenters. The van der Waals surface area contributed by atoms with Crippen molar-refractivity contribution < 1.29 is 9.53 Å². The molecule has 0 bridgehead atoms. The molecule has 4 aromatic rings. The summed E-state index contributed by atoms with van der Waals surface area (Å²) in [5.74, 6) is 0.846. The highest BCUT2D eigenvalue weighted by Gasteiger charge is 2.29. The summed E-state index contributed by atoms with van der Waals surface area (Å²) in [5.41, 5.74) is 5.86. The number of nitrogens with zero attached hydrogens (tertiary/aromatic N) is 2. The Morgan fingerprint density at radius 3 is 2.44 bits per heavy atom. The Labute approximate surface area is 205 Å². The number of nitrogens with one attached hydrogen (secondary N) is 1. The number of fused-ring (bicyclic) bond motifs is 2. The van der Waals surface area contributed by atoms with Crippen molar-refractivity contribution in [2.24, 2.45) is 0 Å². The van der Waals surface area contributed by atoms with Crippen LogP contribution < -0.4 is 15.6 Å². The Bertz CT molecular complexity index is 1460. The average molecular weight is 518 g/mol. The van der Waals surface area contributed by atoms with Gasteiger partial charge in [0.1, 0.15) is 12.3 Å². The third kappa shape index (κ3) is 3.96. The van der Waals surface area contributed by atoms with E-state index in [0.29, 0.717) is 29.3 Å². The zero-order valence-electron chi connectivity index (χ0n) is 19.2. The quantitative estimate of drug-likeness (QED) is 0.334. The maximum atomic E-state index is 13.5. The first kappa shape index (κ1) is 22.2. The van der Waals surface area contributed by atoms with Gasteiger partial charge in [0.15, 0.2) is 0 Å². The standard InChI is InChI=1S/C27H24BrN3O3/c1-16-11-17(2)25(18(3)12-16)29-24(32)15-30-27-22(14-19-13-20(28)9-10-23(19)34-27)26(33)31(30)21-7-5-4-6-8-21/h4-13H,14-15H2,1-3H3,(H,29,32). The second kappa shape index (κ2) is 8.65. The number of aryl methyl sites for hydroxylation is 3. The number of benzene rings is 3. The number of para-hydroxylation sites is 1. The summed E-state index contributed by atoms with van der Waals surface area (Å²) in [6, 6.07) is 19.1.